The topological polar surface area (TPSA) is 32.9 Å². The molecule has 5 heteroatoms. The number of nitrogens with one attached hydrogen (secondary N) is 1. The lowest BCUT2D eigenvalue weighted by atomic mass is 10.2. The summed E-state index contributed by atoms with van der Waals surface area (Å²) in [7, 11) is 0. The van der Waals surface area contributed by atoms with Crippen LogP contribution in [0, 0.1) is 0 Å². The van der Waals surface area contributed by atoms with Crippen molar-refractivity contribution in [3.63, 3.8) is 0 Å². The van der Waals surface area contributed by atoms with Gasteiger partial charge in [0.15, 0.2) is 0 Å². The van der Waals surface area contributed by atoms with Crippen LogP contribution in [0.1, 0.15) is 0 Å². The molecule has 1 aromatic heterocycles. The number of hydrogen-bond acceptors (Lipinski definition) is 1. The first-order valence-electron chi connectivity index (χ1n) is 3.76. The van der Waals surface area contributed by atoms with E-state index in [1.165, 1.54) is 6.20 Å². The molecule has 1 heterocycles. The fraction of sp³-hybridized carbons (Fsp3) is 0. The number of pyridine rings is 1. The van der Waals surface area contributed by atoms with E-state index in [0.29, 0.717) is 20.4 Å². The van der Waals surface area contributed by atoms with Crippen LogP contribution in [0.15, 0.2) is 27.6 Å². The molecule has 0 saturated heterocycles. The number of H-pyrrole nitrogens is 1. The highest BCUT2D eigenvalue weighted by atomic mass is 79.9. The molecule has 72 valence electrons. The van der Waals surface area contributed by atoms with Crippen molar-refractivity contribution >= 4 is 50.0 Å². The van der Waals surface area contributed by atoms with Crippen LogP contribution in [0.2, 0.25) is 10.0 Å². The highest BCUT2D eigenvalue weighted by Gasteiger charge is 2.07. The summed E-state index contributed by atoms with van der Waals surface area (Å²) in [6, 6.07) is 3.30. The van der Waals surface area contributed by atoms with Crippen LogP contribution in [0.4, 0.5) is 0 Å². The van der Waals surface area contributed by atoms with Crippen molar-refractivity contribution in [1.29, 1.82) is 0 Å². The van der Waals surface area contributed by atoms with E-state index in [9.17, 15) is 4.79 Å². The highest BCUT2D eigenvalue weighted by Crippen LogP contribution is 2.28. The second-order valence-corrected chi connectivity index (χ2v) is 4.36. The molecule has 0 aliphatic heterocycles. The Balaban J connectivity index is 3.02. The third-order valence-corrected chi connectivity index (χ3v) is 3.55. The van der Waals surface area contributed by atoms with Gasteiger partial charge in [0, 0.05) is 11.6 Å². The van der Waals surface area contributed by atoms with Crippen molar-refractivity contribution in [2.45, 2.75) is 0 Å². The summed E-state index contributed by atoms with van der Waals surface area (Å²) in [5, 5.41) is 1.25. The maximum atomic E-state index is 11.6. The first-order chi connectivity index (χ1) is 6.61. The van der Waals surface area contributed by atoms with Crippen molar-refractivity contribution in [1.82, 2.24) is 4.98 Å². The number of rotatable bonds is 0. The summed E-state index contributed by atoms with van der Waals surface area (Å²) >= 11 is 14.9. The maximum Gasteiger partial charge on any atom is 0.207 e. The number of fused-ring (bicyclic) bond motifs is 1. The van der Waals surface area contributed by atoms with Gasteiger partial charge >= 0.3 is 0 Å². The molecule has 0 aliphatic rings. The normalized spacial score (nSPS) is 10.8. The van der Waals surface area contributed by atoms with Gasteiger partial charge in [0.1, 0.15) is 5.02 Å². The monoisotopic (exact) mass is 291 g/mol. The molecule has 14 heavy (non-hydrogen) atoms. The summed E-state index contributed by atoms with van der Waals surface area (Å²) in [4.78, 5) is 14.5. The molecule has 0 amide bonds. The minimum atomic E-state index is -0.196. The van der Waals surface area contributed by atoms with Crippen molar-refractivity contribution < 1.29 is 0 Å². The zero-order valence-corrected chi connectivity index (χ0v) is 9.87. The van der Waals surface area contributed by atoms with Crippen molar-refractivity contribution in [2.24, 2.45) is 0 Å². The Labute approximate surface area is 98.0 Å². The van der Waals surface area contributed by atoms with Crippen LogP contribution in [-0.4, -0.2) is 4.98 Å². The Bertz CT molecular complexity index is 564. The van der Waals surface area contributed by atoms with Crippen LogP contribution in [0.25, 0.3) is 10.9 Å². The third-order valence-electron chi connectivity index (χ3n) is 1.90. The zero-order chi connectivity index (χ0) is 10.3. The Kier molecular flexibility index (Phi) is 2.56. The van der Waals surface area contributed by atoms with Gasteiger partial charge in [-0.05, 0) is 28.1 Å². The fourth-order valence-electron chi connectivity index (χ4n) is 1.21. The van der Waals surface area contributed by atoms with Crippen LogP contribution < -0.4 is 5.43 Å². The number of benzene rings is 1. The number of aromatic nitrogens is 1. The van der Waals surface area contributed by atoms with Gasteiger partial charge in [-0.2, -0.15) is 0 Å². The Morgan fingerprint density at radius 3 is 2.64 bits per heavy atom. The SMILES string of the molecule is O=c1c(Cl)c[nH]c2c(Br)c(Cl)ccc12. The van der Waals surface area contributed by atoms with E-state index in [0.717, 1.165) is 0 Å². The van der Waals surface area contributed by atoms with Gasteiger partial charge in [-0.25, -0.2) is 0 Å². The standard InChI is InChI=1S/C9H4BrCl2NO/c10-7-5(11)2-1-4-8(7)13-3-6(12)9(4)14/h1-3H,(H,13,14). The Hall–Kier alpha value is -0.510. The van der Waals surface area contributed by atoms with E-state index in [1.807, 2.05) is 0 Å². The summed E-state index contributed by atoms with van der Waals surface area (Å²) in [5.41, 5.74) is 0.463. The van der Waals surface area contributed by atoms with Crippen LogP contribution in [0.5, 0.6) is 0 Å². The van der Waals surface area contributed by atoms with Gasteiger partial charge in [-0.1, -0.05) is 23.2 Å². The molecule has 0 bridgehead atoms. The van der Waals surface area contributed by atoms with Gasteiger partial charge in [-0.15, -0.1) is 0 Å². The average Bonchev–Trinajstić information content (AvgIpc) is 2.17. The van der Waals surface area contributed by atoms with E-state index < -0.39 is 0 Å². The molecular formula is C9H4BrCl2NO. The molecule has 0 spiro atoms. The van der Waals surface area contributed by atoms with Crippen molar-refractivity contribution in [3.8, 4) is 0 Å². The van der Waals surface area contributed by atoms with Gasteiger partial charge in [0.25, 0.3) is 0 Å². The summed E-state index contributed by atoms with van der Waals surface area (Å²) in [6.07, 6.45) is 1.45. The molecular weight excluding hydrogens is 289 g/mol. The quantitative estimate of drug-likeness (QED) is 0.791. The molecule has 2 aromatic rings. The lowest BCUT2D eigenvalue weighted by molar-refractivity contribution is 1.38. The predicted octanol–water partition coefficient (Wildman–Crippen LogP) is 3.60. The Morgan fingerprint density at radius 1 is 1.21 bits per heavy atom. The van der Waals surface area contributed by atoms with E-state index >= 15 is 0 Å². The average molecular weight is 293 g/mol. The molecule has 0 radical (unpaired) electrons. The summed E-state index contributed by atoms with van der Waals surface area (Å²) < 4.78 is 0.672. The first-order valence-corrected chi connectivity index (χ1v) is 5.31. The van der Waals surface area contributed by atoms with E-state index in [4.69, 9.17) is 23.2 Å². The number of hydrogen-bond donors (Lipinski definition) is 1. The van der Waals surface area contributed by atoms with Crippen LogP contribution >= 0.6 is 39.1 Å². The summed E-state index contributed by atoms with van der Waals surface area (Å²) in [5.74, 6) is 0. The van der Waals surface area contributed by atoms with Crippen LogP contribution in [0.3, 0.4) is 0 Å². The summed E-state index contributed by atoms with van der Waals surface area (Å²) in [6.45, 7) is 0. The fourth-order valence-corrected chi connectivity index (χ4v) is 1.98. The number of halogens is 3. The number of aromatic amines is 1. The molecule has 0 aliphatic carbocycles. The smallest absolute Gasteiger partial charge is 0.207 e. The molecule has 1 N–H and O–H groups in total. The minimum Gasteiger partial charge on any atom is -0.359 e. The van der Waals surface area contributed by atoms with Crippen molar-refractivity contribution in [3.05, 3.63) is 43.1 Å². The van der Waals surface area contributed by atoms with Crippen molar-refractivity contribution in [2.75, 3.05) is 0 Å². The molecule has 0 unspecified atom stereocenters. The third kappa shape index (κ3) is 1.45. The molecule has 0 atom stereocenters. The zero-order valence-electron chi connectivity index (χ0n) is 6.77. The maximum absolute atomic E-state index is 11.6. The Morgan fingerprint density at radius 2 is 1.93 bits per heavy atom. The van der Waals surface area contributed by atoms with Gasteiger partial charge in [0.2, 0.25) is 5.43 Å². The highest BCUT2D eigenvalue weighted by molar-refractivity contribution is 9.10. The molecule has 0 saturated carbocycles. The molecule has 1 aromatic carbocycles. The van der Waals surface area contributed by atoms with E-state index in [1.54, 1.807) is 12.1 Å². The molecule has 2 nitrogen and oxygen atoms in total. The first kappa shape index (κ1) is 10.0. The lowest BCUT2D eigenvalue weighted by Gasteiger charge is -2.02. The van der Waals surface area contributed by atoms with Gasteiger partial charge < -0.3 is 4.98 Å². The lowest BCUT2D eigenvalue weighted by Crippen LogP contribution is -2.03. The van der Waals surface area contributed by atoms with E-state index in [2.05, 4.69) is 20.9 Å². The molecule has 2 rings (SSSR count). The largest absolute Gasteiger partial charge is 0.359 e. The second kappa shape index (κ2) is 3.57. The van der Waals surface area contributed by atoms with E-state index in [-0.39, 0.29) is 10.5 Å². The van der Waals surface area contributed by atoms with Gasteiger partial charge in [-0.3, -0.25) is 4.79 Å². The van der Waals surface area contributed by atoms with Crippen LogP contribution in [-0.2, 0) is 0 Å². The minimum absolute atomic E-state index is 0.173. The van der Waals surface area contributed by atoms with Gasteiger partial charge in [0.05, 0.1) is 15.0 Å². The predicted molar refractivity (Wildman–Crippen MR) is 62.3 cm³/mol. The molecule has 0 fully saturated rings. The second-order valence-electron chi connectivity index (χ2n) is 2.75.